The third-order valence-corrected chi connectivity index (χ3v) is 3.25. The molecule has 1 saturated heterocycles. The van der Waals surface area contributed by atoms with Gasteiger partial charge in [-0.1, -0.05) is 6.92 Å². The molecule has 1 aliphatic heterocycles. The minimum Gasteiger partial charge on any atom is -0.474 e. The Balaban J connectivity index is 1.84. The lowest BCUT2D eigenvalue weighted by Crippen LogP contribution is -2.26. The third-order valence-electron chi connectivity index (χ3n) is 3.25. The largest absolute Gasteiger partial charge is 0.474 e. The molecule has 0 atom stereocenters. The zero-order valence-corrected chi connectivity index (χ0v) is 11.6. The molecule has 3 rings (SSSR count). The van der Waals surface area contributed by atoms with Crippen LogP contribution in [0, 0.1) is 0 Å². The Morgan fingerprint density at radius 1 is 1.40 bits per heavy atom. The van der Waals surface area contributed by atoms with E-state index in [0.717, 1.165) is 44.4 Å². The highest BCUT2D eigenvalue weighted by atomic mass is 16.5. The second-order valence-corrected chi connectivity index (χ2v) is 4.84. The molecule has 2 aromatic rings. The van der Waals surface area contributed by atoms with Crippen LogP contribution in [0.1, 0.15) is 26.2 Å². The molecule has 0 radical (unpaired) electrons. The fraction of sp³-hybridized carbons (Fsp3) is 0.615. The highest BCUT2D eigenvalue weighted by Crippen LogP contribution is 2.25. The van der Waals surface area contributed by atoms with E-state index in [4.69, 9.17) is 9.47 Å². The SMILES string of the molecule is CCCNc1nc(OC2CCOCC2)c2cn[nH]c2n1. The average Bonchev–Trinajstić information content (AvgIpc) is 2.95. The van der Waals surface area contributed by atoms with Crippen LogP contribution in [0.2, 0.25) is 0 Å². The molecule has 0 saturated carbocycles. The monoisotopic (exact) mass is 277 g/mol. The van der Waals surface area contributed by atoms with Crippen LogP contribution in [0.25, 0.3) is 11.0 Å². The van der Waals surface area contributed by atoms with Crippen LogP contribution >= 0.6 is 0 Å². The van der Waals surface area contributed by atoms with Crippen LogP contribution in [-0.2, 0) is 4.74 Å². The molecule has 0 unspecified atom stereocenters. The zero-order valence-electron chi connectivity index (χ0n) is 11.6. The van der Waals surface area contributed by atoms with E-state index in [1.807, 2.05) is 0 Å². The second kappa shape index (κ2) is 6.04. The first-order valence-electron chi connectivity index (χ1n) is 7.06. The molecular formula is C13H19N5O2. The maximum Gasteiger partial charge on any atom is 0.229 e. The number of H-pyrrole nitrogens is 1. The molecule has 0 bridgehead atoms. The fourth-order valence-electron chi connectivity index (χ4n) is 2.17. The number of anilines is 1. The third kappa shape index (κ3) is 2.82. The highest BCUT2D eigenvalue weighted by Gasteiger charge is 2.19. The van der Waals surface area contributed by atoms with Crippen LogP contribution in [0.5, 0.6) is 5.88 Å². The molecule has 108 valence electrons. The molecule has 20 heavy (non-hydrogen) atoms. The van der Waals surface area contributed by atoms with E-state index in [0.29, 0.717) is 17.5 Å². The molecule has 7 heteroatoms. The number of nitrogens with zero attached hydrogens (tertiary/aromatic N) is 3. The summed E-state index contributed by atoms with van der Waals surface area (Å²) in [5, 5.41) is 10.9. The van der Waals surface area contributed by atoms with Crippen molar-refractivity contribution in [2.75, 3.05) is 25.1 Å². The van der Waals surface area contributed by atoms with Crippen LogP contribution < -0.4 is 10.1 Å². The van der Waals surface area contributed by atoms with Gasteiger partial charge in [0, 0.05) is 19.4 Å². The van der Waals surface area contributed by atoms with E-state index in [1.54, 1.807) is 6.20 Å². The summed E-state index contributed by atoms with van der Waals surface area (Å²) < 4.78 is 11.4. The summed E-state index contributed by atoms with van der Waals surface area (Å²) in [5.74, 6) is 1.17. The van der Waals surface area contributed by atoms with Gasteiger partial charge in [-0.3, -0.25) is 5.10 Å². The molecular weight excluding hydrogens is 258 g/mol. The van der Waals surface area contributed by atoms with Crippen molar-refractivity contribution in [3.05, 3.63) is 6.20 Å². The first kappa shape index (κ1) is 13.1. The van der Waals surface area contributed by atoms with E-state index in [2.05, 4.69) is 32.4 Å². The topological polar surface area (TPSA) is 85.0 Å². The standard InChI is InChI=1S/C13H19N5O2/c1-2-5-14-13-16-11-10(8-15-18-11)12(17-13)20-9-3-6-19-7-4-9/h8-9H,2-7H2,1H3,(H2,14,15,16,17,18). The van der Waals surface area contributed by atoms with Gasteiger partial charge in [-0.15, -0.1) is 0 Å². The minimum absolute atomic E-state index is 0.149. The molecule has 0 amide bonds. The van der Waals surface area contributed by atoms with Gasteiger partial charge in [-0.05, 0) is 6.42 Å². The Kier molecular flexibility index (Phi) is 3.96. The number of aromatic amines is 1. The van der Waals surface area contributed by atoms with Crippen LogP contribution in [0.4, 0.5) is 5.95 Å². The molecule has 3 heterocycles. The first-order chi connectivity index (χ1) is 9.86. The molecule has 2 aromatic heterocycles. The van der Waals surface area contributed by atoms with Gasteiger partial charge in [0.2, 0.25) is 11.8 Å². The summed E-state index contributed by atoms with van der Waals surface area (Å²) in [5.41, 5.74) is 0.695. The van der Waals surface area contributed by atoms with Crippen LogP contribution in [0.3, 0.4) is 0 Å². The molecule has 7 nitrogen and oxygen atoms in total. The van der Waals surface area contributed by atoms with Crippen molar-refractivity contribution in [1.29, 1.82) is 0 Å². The van der Waals surface area contributed by atoms with E-state index in [-0.39, 0.29) is 6.10 Å². The van der Waals surface area contributed by atoms with Crippen molar-refractivity contribution in [2.24, 2.45) is 0 Å². The number of aromatic nitrogens is 4. The van der Waals surface area contributed by atoms with Gasteiger partial charge in [0.1, 0.15) is 11.5 Å². The van der Waals surface area contributed by atoms with Gasteiger partial charge in [0.25, 0.3) is 0 Å². The van der Waals surface area contributed by atoms with Gasteiger partial charge in [-0.2, -0.15) is 15.1 Å². The quantitative estimate of drug-likeness (QED) is 0.865. The number of fused-ring (bicyclic) bond motifs is 1. The van der Waals surface area contributed by atoms with Crippen molar-refractivity contribution in [2.45, 2.75) is 32.3 Å². The van der Waals surface area contributed by atoms with Crippen molar-refractivity contribution < 1.29 is 9.47 Å². The molecule has 2 N–H and O–H groups in total. The van der Waals surface area contributed by atoms with E-state index < -0.39 is 0 Å². The Morgan fingerprint density at radius 3 is 3.05 bits per heavy atom. The second-order valence-electron chi connectivity index (χ2n) is 4.84. The fourth-order valence-corrected chi connectivity index (χ4v) is 2.17. The summed E-state index contributed by atoms with van der Waals surface area (Å²) in [7, 11) is 0. The van der Waals surface area contributed by atoms with E-state index in [1.165, 1.54) is 0 Å². The lowest BCUT2D eigenvalue weighted by molar-refractivity contribution is 0.0244. The molecule has 0 aliphatic carbocycles. The van der Waals surface area contributed by atoms with Crippen molar-refractivity contribution >= 4 is 17.0 Å². The van der Waals surface area contributed by atoms with E-state index >= 15 is 0 Å². The molecule has 1 fully saturated rings. The smallest absolute Gasteiger partial charge is 0.229 e. The molecule has 0 spiro atoms. The summed E-state index contributed by atoms with van der Waals surface area (Å²) in [4.78, 5) is 8.84. The van der Waals surface area contributed by atoms with Gasteiger partial charge in [-0.25, -0.2) is 0 Å². The van der Waals surface area contributed by atoms with Gasteiger partial charge < -0.3 is 14.8 Å². The Labute approximate surface area is 117 Å². The summed E-state index contributed by atoms with van der Waals surface area (Å²) in [6.07, 6.45) is 4.65. The zero-order chi connectivity index (χ0) is 13.8. The van der Waals surface area contributed by atoms with Gasteiger partial charge in [0.15, 0.2) is 5.65 Å². The number of hydrogen-bond acceptors (Lipinski definition) is 6. The van der Waals surface area contributed by atoms with E-state index in [9.17, 15) is 0 Å². The Hall–Kier alpha value is -1.89. The van der Waals surface area contributed by atoms with Gasteiger partial charge >= 0.3 is 0 Å². The van der Waals surface area contributed by atoms with Crippen LogP contribution in [-0.4, -0.2) is 46.0 Å². The number of ether oxygens (including phenoxy) is 2. The predicted molar refractivity (Wildman–Crippen MR) is 74.9 cm³/mol. The maximum atomic E-state index is 6.02. The lowest BCUT2D eigenvalue weighted by atomic mass is 10.1. The summed E-state index contributed by atoms with van der Waals surface area (Å²) in [6, 6.07) is 0. The summed E-state index contributed by atoms with van der Waals surface area (Å²) >= 11 is 0. The van der Waals surface area contributed by atoms with Crippen LogP contribution in [0.15, 0.2) is 6.20 Å². The molecule has 1 aliphatic rings. The Bertz CT molecular complexity index is 565. The number of hydrogen-bond donors (Lipinski definition) is 2. The van der Waals surface area contributed by atoms with Crippen molar-refractivity contribution in [1.82, 2.24) is 20.2 Å². The number of nitrogens with one attached hydrogen (secondary N) is 2. The normalized spacial score (nSPS) is 16.4. The molecule has 0 aromatic carbocycles. The number of rotatable bonds is 5. The lowest BCUT2D eigenvalue weighted by Gasteiger charge is -2.23. The predicted octanol–water partition coefficient (Wildman–Crippen LogP) is 1.73. The van der Waals surface area contributed by atoms with Gasteiger partial charge in [0.05, 0.1) is 19.4 Å². The Morgan fingerprint density at radius 2 is 2.25 bits per heavy atom. The van der Waals surface area contributed by atoms with Crippen molar-refractivity contribution in [3.63, 3.8) is 0 Å². The maximum absolute atomic E-state index is 6.02. The van der Waals surface area contributed by atoms with Crippen molar-refractivity contribution in [3.8, 4) is 5.88 Å². The minimum atomic E-state index is 0.149. The first-order valence-corrected chi connectivity index (χ1v) is 7.06. The highest BCUT2D eigenvalue weighted by molar-refractivity contribution is 5.80. The summed E-state index contributed by atoms with van der Waals surface area (Å²) in [6.45, 7) is 4.41. The average molecular weight is 277 g/mol.